The third-order valence-corrected chi connectivity index (χ3v) is 3.74. The van der Waals surface area contributed by atoms with Gasteiger partial charge in [0.25, 0.3) is 0 Å². The Labute approximate surface area is 74.5 Å². The summed E-state index contributed by atoms with van der Waals surface area (Å²) in [7, 11) is 0. The standard InChI is InChI=1S/C10H19NO/c1-4-10(7(2)3)6-5-8(10)9(11)12/h7-8H,4-6H2,1-3H3,(H2,11,12). The molecule has 1 rings (SSSR count). The highest BCUT2D eigenvalue weighted by Crippen LogP contribution is 2.54. The summed E-state index contributed by atoms with van der Waals surface area (Å²) in [5, 5.41) is 0. The molecule has 0 spiro atoms. The minimum Gasteiger partial charge on any atom is -0.369 e. The molecule has 0 aromatic carbocycles. The van der Waals surface area contributed by atoms with Crippen molar-refractivity contribution in [2.24, 2.45) is 23.0 Å². The highest BCUT2D eigenvalue weighted by atomic mass is 16.1. The predicted octanol–water partition coefficient (Wildman–Crippen LogP) is 1.93. The van der Waals surface area contributed by atoms with Gasteiger partial charge in [0.05, 0.1) is 0 Å². The summed E-state index contributed by atoms with van der Waals surface area (Å²) in [6.07, 6.45) is 3.26. The Morgan fingerprint density at radius 3 is 2.33 bits per heavy atom. The van der Waals surface area contributed by atoms with Crippen LogP contribution < -0.4 is 5.73 Å². The van der Waals surface area contributed by atoms with E-state index in [9.17, 15) is 4.79 Å². The molecule has 1 aliphatic carbocycles. The van der Waals surface area contributed by atoms with Crippen LogP contribution in [-0.4, -0.2) is 5.91 Å². The normalized spacial score (nSPS) is 34.8. The number of carbonyl (C=O) groups is 1. The second kappa shape index (κ2) is 3.08. The fourth-order valence-electron chi connectivity index (χ4n) is 2.61. The van der Waals surface area contributed by atoms with Crippen LogP contribution in [0.15, 0.2) is 0 Å². The minimum atomic E-state index is -0.100. The zero-order valence-electron chi connectivity index (χ0n) is 8.26. The van der Waals surface area contributed by atoms with Gasteiger partial charge in [-0.05, 0) is 30.6 Å². The van der Waals surface area contributed by atoms with Crippen LogP contribution in [0.25, 0.3) is 0 Å². The summed E-state index contributed by atoms with van der Waals surface area (Å²) in [6.45, 7) is 6.55. The van der Waals surface area contributed by atoms with Crippen LogP contribution in [0.2, 0.25) is 0 Å². The van der Waals surface area contributed by atoms with E-state index in [1.54, 1.807) is 0 Å². The maximum atomic E-state index is 11.1. The summed E-state index contributed by atoms with van der Waals surface area (Å²) in [4.78, 5) is 11.1. The molecule has 0 saturated heterocycles. The molecule has 12 heavy (non-hydrogen) atoms. The van der Waals surface area contributed by atoms with Gasteiger partial charge in [0, 0.05) is 5.92 Å². The topological polar surface area (TPSA) is 43.1 Å². The molecular weight excluding hydrogens is 150 g/mol. The van der Waals surface area contributed by atoms with Crippen LogP contribution in [-0.2, 0) is 4.79 Å². The van der Waals surface area contributed by atoms with E-state index in [1.807, 2.05) is 0 Å². The van der Waals surface area contributed by atoms with Gasteiger partial charge < -0.3 is 5.73 Å². The van der Waals surface area contributed by atoms with Crippen molar-refractivity contribution in [3.8, 4) is 0 Å². The molecule has 0 aromatic heterocycles. The average Bonchev–Trinajstić information content (AvgIpc) is 1.84. The van der Waals surface area contributed by atoms with Crippen LogP contribution >= 0.6 is 0 Å². The second-order valence-electron chi connectivity index (χ2n) is 4.24. The largest absolute Gasteiger partial charge is 0.369 e. The third kappa shape index (κ3) is 1.13. The van der Waals surface area contributed by atoms with Gasteiger partial charge in [-0.15, -0.1) is 0 Å². The molecule has 1 amide bonds. The monoisotopic (exact) mass is 169 g/mol. The molecule has 2 nitrogen and oxygen atoms in total. The van der Waals surface area contributed by atoms with Gasteiger partial charge >= 0.3 is 0 Å². The van der Waals surface area contributed by atoms with Gasteiger partial charge in [0.15, 0.2) is 0 Å². The zero-order valence-corrected chi connectivity index (χ0v) is 8.26. The lowest BCUT2D eigenvalue weighted by Crippen LogP contribution is -2.50. The van der Waals surface area contributed by atoms with Gasteiger partial charge in [0.2, 0.25) is 5.91 Å². The molecule has 0 bridgehead atoms. The highest BCUT2D eigenvalue weighted by molar-refractivity contribution is 5.78. The Morgan fingerprint density at radius 1 is 1.67 bits per heavy atom. The van der Waals surface area contributed by atoms with Gasteiger partial charge in [-0.3, -0.25) is 4.79 Å². The van der Waals surface area contributed by atoms with Crippen LogP contribution in [0.3, 0.4) is 0 Å². The van der Waals surface area contributed by atoms with Crippen molar-refractivity contribution in [3.63, 3.8) is 0 Å². The van der Waals surface area contributed by atoms with Gasteiger partial charge in [-0.2, -0.15) is 0 Å². The van der Waals surface area contributed by atoms with E-state index in [0.29, 0.717) is 5.92 Å². The molecule has 0 aliphatic heterocycles. The van der Waals surface area contributed by atoms with Crippen molar-refractivity contribution >= 4 is 5.91 Å². The second-order valence-corrected chi connectivity index (χ2v) is 4.24. The molecule has 1 fully saturated rings. The summed E-state index contributed by atoms with van der Waals surface area (Å²) in [5.74, 6) is 0.619. The first-order valence-electron chi connectivity index (χ1n) is 4.84. The van der Waals surface area contributed by atoms with Crippen LogP contribution in [0, 0.1) is 17.3 Å². The number of hydrogen-bond acceptors (Lipinski definition) is 1. The van der Waals surface area contributed by atoms with E-state index in [1.165, 1.54) is 6.42 Å². The first-order chi connectivity index (χ1) is 5.54. The Kier molecular flexibility index (Phi) is 2.45. The number of primary amides is 1. The van der Waals surface area contributed by atoms with Crippen LogP contribution in [0.1, 0.15) is 40.0 Å². The van der Waals surface area contributed by atoms with Crippen molar-refractivity contribution in [2.45, 2.75) is 40.0 Å². The molecule has 2 atom stereocenters. The molecule has 0 radical (unpaired) electrons. The smallest absolute Gasteiger partial charge is 0.221 e. The van der Waals surface area contributed by atoms with E-state index in [2.05, 4.69) is 20.8 Å². The molecule has 1 aliphatic rings. The number of carbonyl (C=O) groups excluding carboxylic acids is 1. The lowest BCUT2D eigenvalue weighted by atomic mass is 9.53. The van der Waals surface area contributed by atoms with E-state index in [-0.39, 0.29) is 17.2 Å². The maximum absolute atomic E-state index is 11.1. The quantitative estimate of drug-likeness (QED) is 0.689. The van der Waals surface area contributed by atoms with Crippen molar-refractivity contribution in [2.75, 3.05) is 0 Å². The Balaban J connectivity index is 2.75. The SMILES string of the molecule is CCC1(C(C)C)CCC1C(N)=O. The predicted molar refractivity (Wildman–Crippen MR) is 49.5 cm³/mol. The molecular formula is C10H19NO. The number of hydrogen-bond donors (Lipinski definition) is 1. The van der Waals surface area contributed by atoms with E-state index in [0.717, 1.165) is 12.8 Å². The lowest BCUT2D eigenvalue weighted by molar-refractivity contribution is -0.137. The summed E-state index contributed by atoms with van der Waals surface area (Å²) < 4.78 is 0. The maximum Gasteiger partial charge on any atom is 0.221 e. The number of nitrogens with two attached hydrogens (primary N) is 1. The molecule has 2 unspecified atom stereocenters. The summed E-state index contributed by atoms with van der Waals surface area (Å²) >= 11 is 0. The van der Waals surface area contributed by atoms with Crippen LogP contribution in [0.5, 0.6) is 0 Å². The van der Waals surface area contributed by atoms with Crippen molar-refractivity contribution in [1.29, 1.82) is 0 Å². The molecule has 0 aromatic rings. The average molecular weight is 169 g/mol. The Bertz CT molecular complexity index is 184. The van der Waals surface area contributed by atoms with Crippen LogP contribution in [0.4, 0.5) is 0 Å². The zero-order chi connectivity index (χ0) is 9.35. The minimum absolute atomic E-state index is 0.100. The van der Waals surface area contributed by atoms with Gasteiger partial charge in [-0.25, -0.2) is 0 Å². The Hall–Kier alpha value is -0.530. The van der Waals surface area contributed by atoms with Crippen molar-refractivity contribution < 1.29 is 4.79 Å². The highest BCUT2D eigenvalue weighted by Gasteiger charge is 2.50. The first kappa shape index (κ1) is 9.56. The molecule has 2 heteroatoms. The van der Waals surface area contributed by atoms with E-state index < -0.39 is 0 Å². The van der Waals surface area contributed by atoms with E-state index in [4.69, 9.17) is 5.73 Å². The number of rotatable bonds is 3. The fourth-order valence-corrected chi connectivity index (χ4v) is 2.61. The number of amides is 1. The first-order valence-corrected chi connectivity index (χ1v) is 4.84. The van der Waals surface area contributed by atoms with Crippen molar-refractivity contribution in [3.05, 3.63) is 0 Å². The van der Waals surface area contributed by atoms with E-state index >= 15 is 0 Å². The summed E-state index contributed by atoms with van der Waals surface area (Å²) in [6, 6.07) is 0. The molecule has 0 heterocycles. The lowest BCUT2D eigenvalue weighted by Gasteiger charge is -2.51. The third-order valence-electron chi connectivity index (χ3n) is 3.74. The molecule has 1 saturated carbocycles. The molecule has 70 valence electrons. The fraction of sp³-hybridized carbons (Fsp3) is 0.900. The Morgan fingerprint density at radius 2 is 2.25 bits per heavy atom. The summed E-state index contributed by atoms with van der Waals surface area (Å²) in [5.41, 5.74) is 5.58. The van der Waals surface area contributed by atoms with Gasteiger partial charge in [-0.1, -0.05) is 20.8 Å². The molecule has 2 N–H and O–H groups in total. The van der Waals surface area contributed by atoms with Gasteiger partial charge in [0.1, 0.15) is 0 Å². The van der Waals surface area contributed by atoms with Crippen molar-refractivity contribution in [1.82, 2.24) is 0 Å².